The molecular formula is C19H26ClN3O4. The van der Waals surface area contributed by atoms with Crippen molar-refractivity contribution >= 4 is 30.1 Å². The van der Waals surface area contributed by atoms with Crippen LogP contribution in [-0.2, 0) is 9.53 Å². The zero-order chi connectivity index (χ0) is 19.1. The second-order valence-corrected chi connectivity index (χ2v) is 7.40. The summed E-state index contributed by atoms with van der Waals surface area (Å²) in [7, 11) is 0. The van der Waals surface area contributed by atoms with Gasteiger partial charge in [0.2, 0.25) is 5.91 Å². The minimum atomic E-state index is -1.02. The van der Waals surface area contributed by atoms with E-state index in [1.54, 1.807) is 24.3 Å². The first kappa shape index (κ1) is 21.3. The molecule has 2 atom stereocenters. The summed E-state index contributed by atoms with van der Waals surface area (Å²) >= 11 is 0. The number of nitrogens with one attached hydrogen (secondary N) is 1. The molecule has 27 heavy (non-hydrogen) atoms. The van der Waals surface area contributed by atoms with Crippen molar-refractivity contribution in [2.75, 3.05) is 19.7 Å². The smallest absolute Gasteiger partial charge is 0.261 e. The van der Waals surface area contributed by atoms with Gasteiger partial charge in [-0.25, -0.2) is 0 Å². The summed E-state index contributed by atoms with van der Waals surface area (Å²) in [5, 5.41) is 2.77. The number of nitrogens with zero attached hydrogens (tertiary/aromatic N) is 1. The number of carbonyl (C=O) groups excluding carboxylic acids is 3. The van der Waals surface area contributed by atoms with E-state index in [0.717, 1.165) is 4.90 Å². The third-order valence-electron chi connectivity index (χ3n) is 5.73. The predicted octanol–water partition coefficient (Wildman–Crippen LogP) is 1.35. The summed E-state index contributed by atoms with van der Waals surface area (Å²) < 4.78 is 5.63. The van der Waals surface area contributed by atoms with Crippen molar-refractivity contribution in [2.45, 2.75) is 38.8 Å². The maximum Gasteiger partial charge on any atom is 0.261 e. The molecular weight excluding hydrogens is 370 g/mol. The highest BCUT2D eigenvalue weighted by Crippen LogP contribution is 2.49. The summed E-state index contributed by atoms with van der Waals surface area (Å²) in [5.41, 5.74) is 5.62. The van der Waals surface area contributed by atoms with Gasteiger partial charge in [-0.15, -0.1) is 12.4 Å². The molecule has 0 saturated heterocycles. The number of amides is 3. The average molecular weight is 396 g/mol. The minimum absolute atomic E-state index is 0. The predicted molar refractivity (Wildman–Crippen MR) is 103 cm³/mol. The highest BCUT2D eigenvalue weighted by Gasteiger charge is 2.62. The van der Waals surface area contributed by atoms with E-state index in [4.69, 9.17) is 10.5 Å². The molecule has 1 aliphatic carbocycles. The number of ether oxygens (including phenoxy) is 1. The van der Waals surface area contributed by atoms with Crippen molar-refractivity contribution in [3.05, 3.63) is 35.4 Å². The Bertz CT molecular complexity index is 732. The summed E-state index contributed by atoms with van der Waals surface area (Å²) in [5.74, 6) is -0.944. The van der Waals surface area contributed by atoms with Gasteiger partial charge in [-0.3, -0.25) is 19.3 Å². The van der Waals surface area contributed by atoms with E-state index in [2.05, 4.69) is 5.32 Å². The second kappa shape index (κ2) is 7.58. The molecule has 3 rings (SSSR count). The van der Waals surface area contributed by atoms with Crippen molar-refractivity contribution < 1.29 is 19.1 Å². The number of halogens is 1. The van der Waals surface area contributed by atoms with Crippen LogP contribution in [0.3, 0.4) is 0 Å². The zero-order valence-corrected chi connectivity index (χ0v) is 16.6. The molecule has 3 amide bonds. The molecule has 1 heterocycles. The van der Waals surface area contributed by atoms with Crippen LogP contribution in [0.25, 0.3) is 0 Å². The second-order valence-electron chi connectivity index (χ2n) is 7.40. The van der Waals surface area contributed by atoms with E-state index >= 15 is 0 Å². The van der Waals surface area contributed by atoms with Crippen molar-refractivity contribution in [1.82, 2.24) is 10.2 Å². The SMILES string of the molecule is CCOC1CC(N)(C(=O)NCCN2C(=O)c3ccccc3C2=O)C1(C)C.Cl. The fourth-order valence-corrected chi connectivity index (χ4v) is 3.70. The highest BCUT2D eigenvalue weighted by molar-refractivity contribution is 6.21. The lowest BCUT2D eigenvalue weighted by Gasteiger charge is -2.57. The Morgan fingerprint density at radius 2 is 1.81 bits per heavy atom. The molecule has 148 valence electrons. The standard InChI is InChI=1S/C19H25N3O4.ClH/c1-4-26-14-11-19(20,18(14,2)3)17(25)21-9-10-22-15(23)12-7-5-6-8-13(12)16(22)24;/h5-8,14H,4,9-11,20H2,1-3H3,(H,21,25);1H. The summed E-state index contributed by atoms with van der Waals surface area (Å²) in [6.45, 7) is 6.60. The highest BCUT2D eigenvalue weighted by atomic mass is 35.5. The van der Waals surface area contributed by atoms with Gasteiger partial charge in [0.25, 0.3) is 11.8 Å². The fraction of sp³-hybridized carbons (Fsp3) is 0.526. The van der Waals surface area contributed by atoms with Crippen LogP contribution in [0.5, 0.6) is 0 Å². The number of hydrogen-bond acceptors (Lipinski definition) is 5. The average Bonchev–Trinajstić information content (AvgIpc) is 2.86. The Hall–Kier alpha value is -1.96. The number of nitrogens with two attached hydrogens (primary N) is 1. The Kier molecular flexibility index (Phi) is 5.99. The number of hydrogen-bond donors (Lipinski definition) is 2. The number of benzene rings is 1. The Morgan fingerprint density at radius 1 is 1.26 bits per heavy atom. The molecule has 0 radical (unpaired) electrons. The van der Waals surface area contributed by atoms with Gasteiger partial charge in [-0.05, 0) is 19.1 Å². The van der Waals surface area contributed by atoms with Crippen LogP contribution in [0.4, 0.5) is 0 Å². The molecule has 2 aliphatic rings. The van der Waals surface area contributed by atoms with Crippen molar-refractivity contribution in [2.24, 2.45) is 11.1 Å². The third kappa shape index (κ3) is 3.24. The van der Waals surface area contributed by atoms with E-state index in [1.807, 2.05) is 20.8 Å². The van der Waals surface area contributed by atoms with Gasteiger partial charge in [0.1, 0.15) is 5.54 Å². The Balaban J connectivity index is 0.00000261. The van der Waals surface area contributed by atoms with Crippen LogP contribution in [0, 0.1) is 5.41 Å². The maximum absolute atomic E-state index is 12.6. The first-order chi connectivity index (χ1) is 12.2. The Labute approximate surface area is 165 Å². The number of rotatable bonds is 6. The van der Waals surface area contributed by atoms with Crippen LogP contribution < -0.4 is 11.1 Å². The maximum atomic E-state index is 12.6. The van der Waals surface area contributed by atoms with Gasteiger partial charge >= 0.3 is 0 Å². The molecule has 1 aliphatic heterocycles. The lowest BCUT2D eigenvalue weighted by molar-refractivity contribution is -0.170. The van der Waals surface area contributed by atoms with Crippen LogP contribution in [0.2, 0.25) is 0 Å². The van der Waals surface area contributed by atoms with E-state index < -0.39 is 11.0 Å². The van der Waals surface area contributed by atoms with Gasteiger partial charge < -0.3 is 15.8 Å². The number of carbonyl (C=O) groups is 3. The zero-order valence-electron chi connectivity index (χ0n) is 15.8. The topological polar surface area (TPSA) is 102 Å². The Morgan fingerprint density at radius 3 is 2.30 bits per heavy atom. The molecule has 0 bridgehead atoms. The number of fused-ring (bicyclic) bond motifs is 1. The molecule has 3 N–H and O–H groups in total. The van der Waals surface area contributed by atoms with Crippen LogP contribution in [-0.4, -0.2) is 54.0 Å². The van der Waals surface area contributed by atoms with Crippen LogP contribution >= 0.6 is 12.4 Å². The van der Waals surface area contributed by atoms with Gasteiger partial charge in [0.05, 0.1) is 17.2 Å². The lowest BCUT2D eigenvalue weighted by Crippen LogP contribution is -2.75. The van der Waals surface area contributed by atoms with Gasteiger partial charge in [-0.1, -0.05) is 26.0 Å². The third-order valence-corrected chi connectivity index (χ3v) is 5.73. The van der Waals surface area contributed by atoms with Gasteiger partial charge in [-0.2, -0.15) is 0 Å². The fourth-order valence-electron chi connectivity index (χ4n) is 3.70. The van der Waals surface area contributed by atoms with Crippen LogP contribution in [0.15, 0.2) is 24.3 Å². The molecule has 8 heteroatoms. The molecule has 0 spiro atoms. The van der Waals surface area contributed by atoms with E-state index in [-0.39, 0.29) is 49.3 Å². The first-order valence-corrected chi connectivity index (χ1v) is 8.88. The molecule has 0 aromatic heterocycles. The summed E-state index contributed by atoms with van der Waals surface area (Å²) in [6, 6.07) is 6.71. The lowest BCUT2D eigenvalue weighted by atomic mass is 9.54. The molecule has 2 unspecified atom stereocenters. The van der Waals surface area contributed by atoms with Gasteiger partial charge in [0, 0.05) is 31.5 Å². The largest absolute Gasteiger partial charge is 0.378 e. The van der Waals surface area contributed by atoms with E-state index in [1.165, 1.54) is 0 Å². The summed E-state index contributed by atoms with van der Waals surface area (Å²) in [4.78, 5) is 38.4. The van der Waals surface area contributed by atoms with Crippen molar-refractivity contribution in [3.8, 4) is 0 Å². The van der Waals surface area contributed by atoms with E-state index in [0.29, 0.717) is 24.2 Å². The molecule has 1 aromatic carbocycles. The monoisotopic (exact) mass is 395 g/mol. The summed E-state index contributed by atoms with van der Waals surface area (Å²) in [6.07, 6.45) is 0.395. The first-order valence-electron chi connectivity index (χ1n) is 8.88. The molecule has 1 aromatic rings. The number of imide groups is 1. The molecule has 1 saturated carbocycles. The molecule has 1 fully saturated rings. The normalized spacial score (nSPS) is 25.5. The quantitative estimate of drug-likeness (QED) is 0.708. The van der Waals surface area contributed by atoms with Gasteiger partial charge in [0.15, 0.2) is 0 Å². The van der Waals surface area contributed by atoms with Crippen molar-refractivity contribution in [1.29, 1.82) is 0 Å². The minimum Gasteiger partial charge on any atom is -0.378 e. The van der Waals surface area contributed by atoms with Crippen molar-refractivity contribution in [3.63, 3.8) is 0 Å². The van der Waals surface area contributed by atoms with Crippen LogP contribution in [0.1, 0.15) is 47.9 Å². The van der Waals surface area contributed by atoms with E-state index in [9.17, 15) is 14.4 Å². The molecule has 7 nitrogen and oxygen atoms in total.